The van der Waals surface area contributed by atoms with Crippen LogP contribution in [-0.4, -0.2) is 97.7 Å². The molecular weight excluding hydrogens is 336 g/mol. The highest BCUT2D eigenvalue weighted by molar-refractivity contribution is 4.81. The predicted octanol–water partition coefficient (Wildman–Crippen LogP) is 0.246. The molecule has 0 saturated carbocycles. The largest absolute Gasteiger partial charge is 0.392 e. The molecule has 7 heteroatoms. The second kappa shape index (κ2) is 14.5. The first-order valence-electron chi connectivity index (χ1n) is 9.42. The molecule has 3 atom stereocenters. The highest BCUT2D eigenvalue weighted by atomic mass is 16.5. The van der Waals surface area contributed by atoms with Crippen molar-refractivity contribution in [3.63, 3.8) is 0 Å². The number of aliphatic hydroxyl groups is 3. The number of hydrogen-bond donors (Lipinski definition) is 4. The van der Waals surface area contributed by atoms with Gasteiger partial charge in [-0.15, -0.1) is 6.58 Å². The Morgan fingerprint density at radius 3 is 2.19 bits per heavy atom. The van der Waals surface area contributed by atoms with E-state index in [0.717, 1.165) is 0 Å². The number of hydrogen-bond acceptors (Lipinski definition) is 7. The number of nitrogens with one attached hydrogen (secondary N) is 1. The van der Waals surface area contributed by atoms with E-state index in [1.54, 1.807) is 6.92 Å². The normalized spacial score (nSPS) is 15.8. The lowest BCUT2D eigenvalue weighted by atomic mass is 9.89. The van der Waals surface area contributed by atoms with Crippen molar-refractivity contribution in [3.8, 4) is 0 Å². The Kier molecular flexibility index (Phi) is 14.2. The average Bonchev–Trinajstić information content (AvgIpc) is 2.54. The van der Waals surface area contributed by atoms with Crippen LogP contribution in [0, 0.1) is 5.41 Å². The van der Waals surface area contributed by atoms with Crippen LogP contribution in [0.3, 0.4) is 0 Å². The smallest absolute Gasteiger partial charge is 0.0845 e. The van der Waals surface area contributed by atoms with Crippen LogP contribution in [0.15, 0.2) is 12.7 Å². The van der Waals surface area contributed by atoms with Gasteiger partial charge in [0, 0.05) is 32.7 Å². The summed E-state index contributed by atoms with van der Waals surface area (Å²) in [6, 6.07) is 0. The minimum Gasteiger partial charge on any atom is -0.392 e. The van der Waals surface area contributed by atoms with Crippen LogP contribution >= 0.6 is 0 Å². The molecule has 156 valence electrons. The molecule has 0 bridgehead atoms. The van der Waals surface area contributed by atoms with Crippen molar-refractivity contribution in [3.05, 3.63) is 12.7 Å². The van der Waals surface area contributed by atoms with Gasteiger partial charge in [0.05, 0.1) is 44.7 Å². The van der Waals surface area contributed by atoms with Crippen molar-refractivity contribution in [2.75, 3.05) is 59.2 Å². The summed E-state index contributed by atoms with van der Waals surface area (Å²) in [6.07, 6.45) is 0.0363. The second-order valence-electron chi connectivity index (χ2n) is 7.72. The van der Waals surface area contributed by atoms with Crippen LogP contribution < -0.4 is 5.32 Å². The first-order valence-corrected chi connectivity index (χ1v) is 9.42. The molecule has 0 rings (SSSR count). The second-order valence-corrected chi connectivity index (χ2v) is 7.72. The summed E-state index contributed by atoms with van der Waals surface area (Å²) in [5, 5.41) is 32.2. The zero-order valence-electron chi connectivity index (χ0n) is 17.0. The molecule has 3 unspecified atom stereocenters. The van der Waals surface area contributed by atoms with E-state index in [2.05, 4.69) is 11.9 Å². The molecule has 0 spiro atoms. The summed E-state index contributed by atoms with van der Waals surface area (Å²) >= 11 is 0. The fraction of sp³-hybridized carbons (Fsp3) is 0.895. The maximum atomic E-state index is 9.89. The zero-order chi connectivity index (χ0) is 20.0. The van der Waals surface area contributed by atoms with Gasteiger partial charge in [-0.3, -0.25) is 4.90 Å². The van der Waals surface area contributed by atoms with E-state index >= 15 is 0 Å². The predicted molar refractivity (Wildman–Crippen MR) is 104 cm³/mol. The van der Waals surface area contributed by atoms with Crippen molar-refractivity contribution in [1.29, 1.82) is 0 Å². The van der Waals surface area contributed by atoms with Crippen molar-refractivity contribution in [1.82, 2.24) is 10.2 Å². The molecule has 0 aromatic carbocycles. The summed E-state index contributed by atoms with van der Waals surface area (Å²) in [7, 11) is 0. The van der Waals surface area contributed by atoms with Gasteiger partial charge in [-0.05, 0) is 12.3 Å². The molecule has 0 aliphatic carbocycles. The monoisotopic (exact) mass is 376 g/mol. The molecular formula is C19H40N2O5. The fourth-order valence-corrected chi connectivity index (χ4v) is 2.17. The van der Waals surface area contributed by atoms with Crippen molar-refractivity contribution >= 4 is 0 Å². The molecule has 0 saturated heterocycles. The zero-order valence-corrected chi connectivity index (χ0v) is 17.0. The fourth-order valence-electron chi connectivity index (χ4n) is 2.17. The minimum absolute atomic E-state index is 0.120. The van der Waals surface area contributed by atoms with Gasteiger partial charge in [0.15, 0.2) is 0 Å². The molecule has 7 nitrogen and oxygen atoms in total. The molecule has 0 aliphatic heterocycles. The Balaban J connectivity index is 3.62. The Hall–Kier alpha value is -0.540. The summed E-state index contributed by atoms with van der Waals surface area (Å²) in [5.74, 6) is 0. The third-order valence-electron chi connectivity index (χ3n) is 3.92. The molecule has 26 heavy (non-hydrogen) atoms. The topological polar surface area (TPSA) is 94.4 Å². The third-order valence-corrected chi connectivity index (χ3v) is 3.92. The van der Waals surface area contributed by atoms with E-state index in [1.165, 1.54) is 6.08 Å². The molecule has 0 fully saturated rings. The van der Waals surface area contributed by atoms with Gasteiger partial charge in [0.2, 0.25) is 0 Å². The lowest BCUT2D eigenvalue weighted by Crippen LogP contribution is -2.38. The number of nitrogens with zero attached hydrogens (tertiary/aromatic N) is 1. The van der Waals surface area contributed by atoms with Crippen LogP contribution in [0.4, 0.5) is 0 Å². The van der Waals surface area contributed by atoms with E-state index < -0.39 is 12.2 Å². The maximum Gasteiger partial charge on any atom is 0.0845 e. The van der Waals surface area contributed by atoms with Gasteiger partial charge in [0.25, 0.3) is 0 Å². The molecule has 0 aliphatic rings. The van der Waals surface area contributed by atoms with E-state index in [1.807, 2.05) is 25.7 Å². The highest BCUT2D eigenvalue weighted by Gasteiger charge is 2.21. The standard InChI is InChI=1S/C19H40N2O5/c1-6-17(23)15-21(14-16(2)22)8-10-26-12-11-25-9-7-20-13-18(24)19(3,4)5/h6,16-18,20,22-24H,1,7-15H2,2-5H3. The van der Waals surface area contributed by atoms with Crippen LogP contribution in [0.1, 0.15) is 27.7 Å². The number of aliphatic hydroxyl groups excluding tert-OH is 3. The average molecular weight is 377 g/mol. The van der Waals surface area contributed by atoms with Gasteiger partial charge in [-0.1, -0.05) is 26.8 Å². The Bertz CT molecular complexity index is 347. The Morgan fingerprint density at radius 2 is 1.65 bits per heavy atom. The van der Waals surface area contributed by atoms with Crippen LogP contribution in [0.5, 0.6) is 0 Å². The summed E-state index contributed by atoms with van der Waals surface area (Å²) in [5.41, 5.74) is -0.120. The molecule has 0 amide bonds. The van der Waals surface area contributed by atoms with Crippen molar-refractivity contribution in [2.45, 2.75) is 46.0 Å². The lowest BCUT2D eigenvalue weighted by molar-refractivity contribution is 0.0256. The Labute approximate surface area is 159 Å². The van der Waals surface area contributed by atoms with Gasteiger partial charge in [0.1, 0.15) is 0 Å². The molecule has 0 aromatic heterocycles. The quantitative estimate of drug-likeness (QED) is 0.227. The van der Waals surface area contributed by atoms with Crippen LogP contribution in [-0.2, 0) is 9.47 Å². The van der Waals surface area contributed by atoms with Crippen LogP contribution in [0.25, 0.3) is 0 Å². The summed E-state index contributed by atoms with van der Waals surface area (Å²) < 4.78 is 11.0. The highest BCUT2D eigenvalue weighted by Crippen LogP contribution is 2.17. The van der Waals surface area contributed by atoms with E-state index in [9.17, 15) is 15.3 Å². The van der Waals surface area contributed by atoms with E-state index in [-0.39, 0.29) is 11.5 Å². The van der Waals surface area contributed by atoms with Gasteiger partial charge >= 0.3 is 0 Å². The van der Waals surface area contributed by atoms with E-state index in [0.29, 0.717) is 59.2 Å². The number of rotatable bonds is 16. The van der Waals surface area contributed by atoms with Crippen LogP contribution in [0.2, 0.25) is 0 Å². The lowest BCUT2D eigenvalue weighted by Gasteiger charge is -2.26. The van der Waals surface area contributed by atoms with E-state index in [4.69, 9.17) is 9.47 Å². The van der Waals surface area contributed by atoms with Gasteiger partial charge in [-0.2, -0.15) is 0 Å². The molecule has 0 aromatic rings. The maximum absolute atomic E-state index is 9.89. The number of ether oxygens (including phenoxy) is 2. The molecule has 4 N–H and O–H groups in total. The first kappa shape index (κ1) is 25.5. The summed E-state index contributed by atoms with van der Waals surface area (Å²) in [4.78, 5) is 1.95. The SMILES string of the molecule is C=CC(O)CN(CCOCCOCCNCC(O)C(C)(C)C)CC(C)O. The molecule has 0 radical (unpaired) electrons. The summed E-state index contributed by atoms with van der Waals surface area (Å²) in [6.45, 7) is 16.2. The van der Waals surface area contributed by atoms with Crippen molar-refractivity contribution in [2.24, 2.45) is 5.41 Å². The molecule has 0 heterocycles. The van der Waals surface area contributed by atoms with Gasteiger partial charge < -0.3 is 30.1 Å². The van der Waals surface area contributed by atoms with Crippen molar-refractivity contribution < 1.29 is 24.8 Å². The Morgan fingerprint density at radius 1 is 1.04 bits per heavy atom. The van der Waals surface area contributed by atoms with Gasteiger partial charge in [-0.25, -0.2) is 0 Å². The third kappa shape index (κ3) is 14.6. The first-order chi connectivity index (χ1) is 12.2. The minimum atomic E-state index is -0.610.